The highest BCUT2D eigenvalue weighted by Crippen LogP contribution is 2.20. The van der Waals surface area contributed by atoms with Gasteiger partial charge in [-0.25, -0.2) is 9.78 Å². The first-order valence-corrected chi connectivity index (χ1v) is 9.09. The number of piperidine rings is 1. The molecule has 1 fully saturated rings. The van der Waals surface area contributed by atoms with E-state index in [1.807, 2.05) is 27.7 Å². The normalized spacial score (nSPS) is 21.1. The van der Waals surface area contributed by atoms with E-state index in [9.17, 15) is 9.59 Å². The molecule has 7 nitrogen and oxygen atoms in total. The average molecular weight is 391 g/mol. The monoisotopic (exact) mass is 390 g/mol. The van der Waals surface area contributed by atoms with E-state index in [0.29, 0.717) is 36.8 Å². The number of rotatable bonds is 3. The number of aryl methyl sites for hydroxylation is 1. The van der Waals surface area contributed by atoms with Crippen LogP contribution in [0.15, 0.2) is 0 Å². The number of hydrogen-bond acceptors (Lipinski definition) is 4. The SMILES string of the molecule is CCc1[nH]c(C(=O)N[C@@H]2CCN(C(=O)OC(C)(C)C)C[C@@H]2Cl)nc1Cl. The van der Waals surface area contributed by atoms with Crippen LogP contribution in [0, 0.1) is 0 Å². The van der Waals surface area contributed by atoms with Crippen LogP contribution in [0.25, 0.3) is 0 Å². The third-order valence-corrected chi connectivity index (χ3v) is 4.56. The highest BCUT2D eigenvalue weighted by molar-refractivity contribution is 6.30. The molecule has 0 aromatic carbocycles. The van der Waals surface area contributed by atoms with Gasteiger partial charge in [-0.3, -0.25) is 4.79 Å². The van der Waals surface area contributed by atoms with Gasteiger partial charge in [-0.05, 0) is 33.6 Å². The summed E-state index contributed by atoms with van der Waals surface area (Å²) < 4.78 is 5.35. The van der Waals surface area contributed by atoms with E-state index in [-0.39, 0.29) is 17.8 Å². The summed E-state index contributed by atoms with van der Waals surface area (Å²) >= 11 is 12.3. The minimum absolute atomic E-state index is 0.167. The van der Waals surface area contributed by atoms with E-state index in [2.05, 4.69) is 15.3 Å². The van der Waals surface area contributed by atoms with E-state index in [0.717, 1.165) is 0 Å². The van der Waals surface area contributed by atoms with Crippen LogP contribution < -0.4 is 5.32 Å². The van der Waals surface area contributed by atoms with Crippen LogP contribution in [-0.2, 0) is 11.2 Å². The van der Waals surface area contributed by atoms with Crippen LogP contribution in [0.2, 0.25) is 5.15 Å². The van der Waals surface area contributed by atoms with Crippen molar-refractivity contribution in [1.29, 1.82) is 0 Å². The number of nitrogens with zero attached hydrogens (tertiary/aromatic N) is 2. The van der Waals surface area contributed by atoms with E-state index < -0.39 is 17.1 Å². The van der Waals surface area contributed by atoms with Crippen molar-refractivity contribution in [2.75, 3.05) is 13.1 Å². The number of alkyl halides is 1. The van der Waals surface area contributed by atoms with Crippen molar-refractivity contribution >= 4 is 35.2 Å². The molecule has 0 bridgehead atoms. The summed E-state index contributed by atoms with van der Waals surface area (Å²) in [5.41, 5.74) is 0.161. The van der Waals surface area contributed by atoms with Crippen molar-refractivity contribution in [3.63, 3.8) is 0 Å². The number of H-pyrrole nitrogens is 1. The van der Waals surface area contributed by atoms with Crippen molar-refractivity contribution < 1.29 is 14.3 Å². The predicted molar refractivity (Wildman–Crippen MR) is 96.3 cm³/mol. The molecule has 0 aliphatic carbocycles. The van der Waals surface area contributed by atoms with Crippen molar-refractivity contribution in [3.8, 4) is 0 Å². The lowest BCUT2D eigenvalue weighted by Gasteiger charge is -2.36. The summed E-state index contributed by atoms with van der Waals surface area (Å²) in [6, 6.07) is -0.262. The van der Waals surface area contributed by atoms with Gasteiger partial charge in [0.15, 0.2) is 11.0 Å². The summed E-state index contributed by atoms with van der Waals surface area (Å²) in [7, 11) is 0. The minimum Gasteiger partial charge on any atom is -0.444 e. The molecule has 140 valence electrons. The zero-order valence-corrected chi connectivity index (χ0v) is 16.4. The summed E-state index contributed by atoms with van der Waals surface area (Å²) in [6.45, 7) is 8.13. The molecule has 1 saturated heterocycles. The first-order valence-electron chi connectivity index (χ1n) is 8.28. The van der Waals surface area contributed by atoms with Gasteiger partial charge in [-0.1, -0.05) is 18.5 Å². The molecule has 1 aromatic rings. The zero-order valence-electron chi connectivity index (χ0n) is 14.9. The van der Waals surface area contributed by atoms with Crippen molar-refractivity contribution in [2.24, 2.45) is 0 Å². The summed E-state index contributed by atoms with van der Waals surface area (Å²) in [4.78, 5) is 32.9. The first-order chi connectivity index (χ1) is 11.6. The second-order valence-corrected chi connectivity index (χ2v) is 7.94. The van der Waals surface area contributed by atoms with Gasteiger partial charge in [-0.15, -0.1) is 11.6 Å². The first kappa shape index (κ1) is 19.8. The van der Waals surface area contributed by atoms with E-state index >= 15 is 0 Å². The molecular weight excluding hydrogens is 367 g/mol. The standard InChI is InChI=1S/C16H24Cl2N4O3/c1-5-10-12(18)21-13(19-10)14(23)20-11-6-7-22(8-9(11)17)15(24)25-16(2,3)4/h9,11H,5-8H2,1-4H3,(H,19,21)(H,20,23)/t9-,11+/m0/s1. The van der Waals surface area contributed by atoms with Gasteiger partial charge in [0.05, 0.1) is 11.1 Å². The fourth-order valence-electron chi connectivity index (χ4n) is 2.53. The fraction of sp³-hybridized carbons (Fsp3) is 0.688. The maximum absolute atomic E-state index is 12.3. The Morgan fingerprint density at radius 1 is 1.44 bits per heavy atom. The zero-order chi connectivity index (χ0) is 18.8. The van der Waals surface area contributed by atoms with E-state index in [1.54, 1.807) is 4.90 Å². The number of hydrogen-bond donors (Lipinski definition) is 2. The molecule has 0 saturated carbocycles. The summed E-state index contributed by atoms with van der Waals surface area (Å²) in [5.74, 6) is -0.191. The van der Waals surface area contributed by atoms with Gasteiger partial charge in [0, 0.05) is 19.1 Å². The number of amides is 2. The Morgan fingerprint density at radius 2 is 2.12 bits per heavy atom. The van der Waals surface area contributed by atoms with Crippen molar-refractivity contribution in [1.82, 2.24) is 20.2 Å². The molecule has 0 unspecified atom stereocenters. The molecule has 2 rings (SSSR count). The lowest BCUT2D eigenvalue weighted by Crippen LogP contribution is -2.54. The van der Waals surface area contributed by atoms with Crippen LogP contribution in [0.5, 0.6) is 0 Å². The number of halogens is 2. The van der Waals surface area contributed by atoms with E-state index in [1.165, 1.54) is 0 Å². The largest absolute Gasteiger partial charge is 0.444 e. The Bertz CT molecular complexity index is 642. The molecule has 2 heterocycles. The smallest absolute Gasteiger partial charge is 0.410 e. The van der Waals surface area contributed by atoms with Crippen LogP contribution in [0.4, 0.5) is 4.79 Å². The Morgan fingerprint density at radius 3 is 2.64 bits per heavy atom. The van der Waals surface area contributed by atoms with Gasteiger partial charge >= 0.3 is 6.09 Å². The van der Waals surface area contributed by atoms with E-state index in [4.69, 9.17) is 27.9 Å². The van der Waals surface area contributed by atoms with Gasteiger partial charge < -0.3 is 19.9 Å². The Hall–Kier alpha value is -1.47. The maximum atomic E-state index is 12.3. The molecule has 1 aliphatic rings. The topological polar surface area (TPSA) is 87.3 Å². The maximum Gasteiger partial charge on any atom is 0.410 e. The Labute approximate surface area is 157 Å². The second kappa shape index (κ2) is 7.83. The third-order valence-electron chi connectivity index (χ3n) is 3.81. The van der Waals surface area contributed by atoms with Gasteiger partial charge in [-0.2, -0.15) is 0 Å². The highest BCUT2D eigenvalue weighted by Gasteiger charge is 2.33. The number of carbonyl (C=O) groups excluding carboxylic acids is 2. The molecule has 2 atom stereocenters. The number of aromatic nitrogens is 2. The number of aromatic amines is 1. The molecule has 9 heteroatoms. The molecule has 1 aromatic heterocycles. The number of imidazole rings is 1. The number of likely N-dealkylation sites (tertiary alicyclic amines) is 1. The summed E-state index contributed by atoms with van der Waals surface area (Å²) in [6.07, 6.45) is 0.799. The van der Waals surface area contributed by atoms with Crippen molar-refractivity contribution in [2.45, 2.75) is 57.6 Å². The Balaban J connectivity index is 1.92. The number of ether oxygens (including phenoxy) is 1. The Kier molecular flexibility index (Phi) is 6.21. The second-order valence-electron chi connectivity index (χ2n) is 7.02. The average Bonchev–Trinajstić information content (AvgIpc) is 2.88. The fourth-order valence-corrected chi connectivity index (χ4v) is 3.15. The molecule has 2 N–H and O–H groups in total. The lowest BCUT2D eigenvalue weighted by molar-refractivity contribution is 0.0203. The van der Waals surface area contributed by atoms with Gasteiger partial charge in [0.25, 0.3) is 5.91 Å². The van der Waals surface area contributed by atoms with Crippen LogP contribution in [-0.4, -0.2) is 57.0 Å². The quantitative estimate of drug-likeness (QED) is 0.776. The van der Waals surface area contributed by atoms with Crippen LogP contribution in [0.1, 0.15) is 50.4 Å². The van der Waals surface area contributed by atoms with Crippen molar-refractivity contribution in [3.05, 3.63) is 16.7 Å². The third kappa shape index (κ3) is 5.25. The number of carbonyl (C=O) groups is 2. The van der Waals surface area contributed by atoms with Gasteiger partial charge in [0.2, 0.25) is 0 Å². The number of nitrogens with one attached hydrogen (secondary N) is 2. The predicted octanol–water partition coefficient (Wildman–Crippen LogP) is 2.97. The van der Waals surface area contributed by atoms with Crippen LogP contribution in [0.3, 0.4) is 0 Å². The molecule has 0 spiro atoms. The highest BCUT2D eigenvalue weighted by atomic mass is 35.5. The molecular formula is C16H24Cl2N4O3. The van der Waals surface area contributed by atoms with Gasteiger partial charge in [0.1, 0.15) is 5.60 Å². The summed E-state index contributed by atoms with van der Waals surface area (Å²) in [5, 5.41) is 2.74. The molecule has 25 heavy (non-hydrogen) atoms. The molecule has 0 radical (unpaired) electrons. The molecule has 1 aliphatic heterocycles. The van der Waals surface area contributed by atoms with Crippen LogP contribution >= 0.6 is 23.2 Å². The lowest BCUT2D eigenvalue weighted by atomic mass is 10.0. The minimum atomic E-state index is -0.556. The molecule has 2 amide bonds.